The summed E-state index contributed by atoms with van der Waals surface area (Å²) in [6.45, 7) is 0.828. The monoisotopic (exact) mass is 595 g/mol. The maximum atomic E-state index is 13.0. The molecular formula is C32H32F3N3O5. The van der Waals surface area contributed by atoms with E-state index in [1.807, 2.05) is 30.3 Å². The molecule has 1 fully saturated rings. The van der Waals surface area contributed by atoms with E-state index in [0.29, 0.717) is 13.0 Å². The summed E-state index contributed by atoms with van der Waals surface area (Å²) in [5.41, 5.74) is 7.34. The number of hydrogen-bond donors (Lipinski definition) is 4. The van der Waals surface area contributed by atoms with Crippen molar-refractivity contribution in [3.05, 3.63) is 95.1 Å². The zero-order valence-electron chi connectivity index (χ0n) is 23.2. The van der Waals surface area contributed by atoms with Crippen LogP contribution in [0.3, 0.4) is 0 Å². The standard InChI is InChI=1S/C30H31N3O3.C2HF3O2/c34-29(33-27-15-7-9-19-8-1-2-10-21(19)27)28-16-20(17-31-28)32-30(35)36-18-26-24-13-5-3-11-22(24)23-12-4-6-14-25(23)26;3-2(4,5)1(6)7/h1-6,8,10-14,20,26-28,31H,7,9,15-18H2,(H,32,35)(H,33,34);(H,6,7)/t20-,27+,28-;/m0./s1. The van der Waals surface area contributed by atoms with E-state index in [1.54, 1.807) is 0 Å². The summed E-state index contributed by atoms with van der Waals surface area (Å²) in [7, 11) is 0. The van der Waals surface area contributed by atoms with Crippen molar-refractivity contribution in [2.24, 2.45) is 0 Å². The summed E-state index contributed by atoms with van der Waals surface area (Å²) in [5, 5.41) is 16.6. The van der Waals surface area contributed by atoms with Gasteiger partial charge in [-0.25, -0.2) is 9.59 Å². The van der Waals surface area contributed by atoms with Crippen LogP contribution in [0.4, 0.5) is 18.0 Å². The first-order valence-corrected chi connectivity index (χ1v) is 14.1. The number of amides is 2. The van der Waals surface area contributed by atoms with Crippen molar-refractivity contribution in [2.45, 2.75) is 55.9 Å². The number of carbonyl (C=O) groups excluding carboxylic acids is 2. The van der Waals surface area contributed by atoms with Gasteiger partial charge in [-0.2, -0.15) is 13.2 Å². The van der Waals surface area contributed by atoms with Gasteiger partial charge in [0, 0.05) is 18.5 Å². The number of aliphatic carboxylic acids is 1. The lowest BCUT2D eigenvalue weighted by Crippen LogP contribution is -2.42. The summed E-state index contributed by atoms with van der Waals surface area (Å²) in [6.07, 6.45) is -1.88. The fraction of sp³-hybridized carbons (Fsp3) is 0.344. The Morgan fingerprint density at radius 1 is 0.884 bits per heavy atom. The number of nitrogens with one attached hydrogen (secondary N) is 3. The third-order valence-electron chi connectivity index (χ3n) is 8.04. The first-order valence-electron chi connectivity index (χ1n) is 14.1. The minimum absolute atomic E-state index is 0.00598. The first-order chi connectivity index (χ1) is 20.6. The van der Waals surface area contributed by atoms with E-state index in [2.05, 4.69) is 58.4 Å². The summed E-state index contributed by atoms with van der Waals surface area (Å²) in [5.74, 6) is -2.73. The number of hydrogen-bond acceptors (Lipinski definition) is 5. The van der Waals surface area contributed by atoms with Crippen molar-refractivity contribution in [2.75, 3.05) is 13.2 Å². The number of alkyl carbamates (subject to hydrolysis) is 1. The maximum absolute atomic E-state index is 13.0. The highest BCUT2D eigenvalue weighted by Crippen LogP contribution is 2.44. The van der Waals surface area contributed by atoms with Gasteiger partial charge in [-0.15, -0.1) is 0 Å². The lowest BCUT2D eigenvalue weighted by Gasteiger charge is -2.27. The molecule has 1 heterocycles. The lowest BCUT2D eigenvalue weighted by atomic mass is 9.87. The Hall–Kier alpha value is -4.38. The molecule has 6 rings (SSSR count). The largest absolute Gasteiger partial charge is 0.490 e. The van der Waals surface area contributed by atoms with Gasteiger partial charge < -0.3 is 25.8 Å². The Morgan fingerprint density at radius 3 is 2.09 bits per heavy atom. The Balaban J connectivity index is 0.000000472. The molecule has 0 spiro atoms. The van der Waals surface area contributed by atoms with E-state index in [9.17, 15) is 22.8 Å². The molecule has 226 valence electrons. The van der Waals surface area contributed by atoms with Crippen molar-refractivity contribution >= 4 is 18.0 Å². The topological polar surface area (TPSA) is 117 Å². The number of rotatable bonds is 5. The molecule has 0 radical (unpaired) electrons. The molecule has 0 saturated carbocycles. The molecule has 1 saturated heterocycles. The Kier molecular flexibility index (Phi) is 9.00. The molecule has 3 aromatic carbocycles. The Labute approximate surface area is 246 Å². The molecule has 8 nitrogen and oxygen atoms in total. The van der Waals surface area contributed by atoms with Gasteiger partial charge in [0.1, 0.15) is 6.61 Å². The van der Waals surface area contributed by atoms with Gasteiger partial charge in [-0.1, -0.05) is 72.8 Å². The van der Waals surface area contributed by atoms with Gasteiger partial charge >= 0.3 is 18.2 Å². The van der Waals surface area contributed by atoms with E-state index >= 15 is 0 Å². The molecule has 2 amide bonds. The van der Waals surface area contributed by atoms with Crippen molar-refractivity contribution in [1.82, 2.24) is 16.0 Å². The van der Waals surface area contributed by atoms with Crippen LogP contribution < -0.4 is 16.0 Å². The molecule has 0 aromatic heterocycles. The number of ether oxygens (including phenoxy) is 1. The third-order valence-corrected chi connectivity index (χ3v) is 8.04. The zero-order valence-corrected chi connectivity index (χ0v) is 23.2. The summed E-state index contributed by atoms with van der Waals surface area (Å²) >= 11 is 0. The fourth-order valence-electron chi connectivity index (χ4n) is 6.03. The molecular weight excluding hydrogens is 563 g/mol. The van der Waals surface area contributed by atoms with Crippen molar-refractivity contribution in [3.63, 3.8) is 0 Å². The van der Waals surface area contributed by atoms with Crippen LogP contribution in [0.5, 0.6) is 0 Å². The number of alkyl halides is 3. The second-order valence-corrected chi connectivity index (χ2v) is 10.8. The highest BCUT2D eigenvalue weighted by Gasteiger charge is 2.38. The van der Waals surface area contributed by atoms with Gasteiger partial charge in [-0.05, 0) is 59.1 Å². The molecule has 0 bridgehead atoms. The van der Waals surface area contributed by atoms with Crippen LogP contribution in [0.2, 0.25) is 0 Å². The van der Waals surface area contributed by atoms with E-state index < -0.39 is 18.2 Å². The van der Waals surface area contributed by atoms with E-state index in [0.717, 1.165) is 19.3 Å². The van der Waals surface area contributed by atoms with Gasteiger partial charge in [0.15, 0.2) is 0 Å². The minimum Gasteiger partial charge on any atom is -0.475 e. The van der Waals surface area contributed by atoms with E-state index in [-0.39, 0.29) is 36.6 Å². The second kappa shape index (κ2) is 12.9. The molecule has 1 aliphatic heterocycles. The number of carboxylic acids is 1. The fourth-order valence-corrected chi connectivity index (χ4v) is 6.03. The third kappa shape index (κ3) is 6.99. The van der Waals surface area contributed by atoms with Crippen LogP contribution >= 0.6 is 0 Å². The molecule has 43 heavy (non-hydrogen) atoms. The van der Waals surface area contributed by atoms with E-state index in [1.165, 1.54) is 33.4 Å². The van der Waals surface area contributed by atoms with Crippen LogP contribution in [0.25, 0.3) is 11.1 Å². The smallest absolute Gasteiger partial charge is 0.475 e. The normalized spacial score (nSPS) is 20.5. The maximum Gasteiger partial charge on any atom is 0.490 e. The predicted molar refractivity (Wildman–Crippen MR) is 152 cm³/mol. The number of fused-ring (bicyclic) bond motifs is 4. The average molecular weight is 596 g/mol. The van der Waals surface area contributed by atoms with Gasteiger partial charge in [0.05, 0.1) is 12.1 Å². The minimum atomic E-state index is -5.08. The molecule has 11 heteroatoms. The van der Waals surface area contributed by atoms with Gasteiger partial charge in [0.25, 0.3) is 0 Å². The van der Waals surface area contributed by atoms with Crippen LogP contribution in [-0.2, 0) is 20.7 Å². The second-order valence-electron chi connectivity index (χ2n) is 10.8. The molecule has 3 aromatic rings. The number of carbonyl (C=O) groups is 3. The van der Waals surface area contributed by atoms with Gasteiger partial charge in [0.2, 0.25) is 5.91 Å². The average Bonchev–Trinajstić information content (AvgIpc) is 3.59. The molecule has 4 N–H and O–H groups in total. The quantitative estimate of drug-likeness (QED) is 0.327. The number of aryl methyl sites for hydroxylation is 1. The molecule has 3 atom stereocenters. The van der Waals surface area contributed by atoms with E-state index in [4.69, 9.17) is 14.6 Å². The number of benzene rings is 3. The lowest BCUT2D eigenvalue weighted by molar-refractivity contribution is -0.192. The Bertz CT molecular complexity index is 1450. The summed E-state index contributed by atoms with van der Waals surface area (Å²) in [6, 6.07) is 24.5. The Morgan fingerprint density at radius 2 is 1.47 bits per heavy atom. The number of carboxylic acid groups (broad SMARTS) is 1. The highest BCUT2D eigenvalue weighted by atomic mass is 19.4. The van der Waals surface area contributed by atoms with Crippen molar-refractivity contribution in [1.29, 1.82) is 0 Å². The zero-order chi connectivity index (χ0) is 30.6. The molecule has 3 aliphatic rings. The molecule has 0 unspecified atom stereocenters. The first kappa shape index (κ1) is 30.1. The molecule has 2 aliphatic carbocycles. The summed E-state index contributed by atoms with van der Waals surface area (Å²) < 4.78 is 37.4. The predicted octanol–water partition coefficient (Wildman–Crippen LogP) is 5.08. The van der Waals surface area contributed by atoms with Crippen LogP contribution in [-0.4, -0.2) is 54.5 Å². The summed E-state index contributed by atoms with van der Waals surface area (Å²) in [4.78, 5) is 34.5. The van der Waals surface area contributed by atoms with Crippen molar-refractivity contribution < 1.29 is 37.4 Å². The SMILES string of the molecule is O=C(N[C@@H]1CN[C@H](C(=O)N[C@@H]2CCCc3ccccc32)C1)OCC1c2ccccc2-c2ccccc21.O=C(O)C(F)(F)F. The van der Waals surface area contributed by atoms with Crippen molar-refractivity contribution in [3.8, 4) is 11.1 Å². The van der Waals surface area contributed by atoms with Crippen LogP contribution in [0, 0.1) is 0 Å². The van der Waals surface area contributed by atoms with Crippen LogP contribution in [0.1, 0.15) is 53.5 Å². The van der Waals surface area contributed by atoms with Crippen LogP contribution in [0.15, 0.2) is 72.8 Å². The van der Waals surface area contributed by atoms with Gasteiger partial charge in [-0.3, -0.25) is 4.79 Å². The highest BCUT2D eigenvalue weighted by molar-refractivity contribution is 5.83. The number of halogens is 3.